The molecule has 0 heteroatoms. The second-order valence-corrected chi connectivity index (χ2v) is 7.56. The normalized spacial score (nSPS) is 24.0. The molecule has 0 N–H and O–H groups in total. The van der Waals surface area contributed by atoms with Crippen molar-refractivity contribution in [1.82, 2.24) is 0 Å². The van der Waals surface area contributed by atoms with Crippen molar-refractivity contribution in [3.05, 3.63) is 87.5 Å². The number of benzene rings is 2. The van der Waals surface area contributed by atoms with E-state index >= 15 is 0 Å². The highest BCUT2D eigenvalue weighted by Gasteiger charge is 2.34. The summed E-state index contributed by atoms with van der Waals surface area (Å²) in [6, 6.07) is 9.30. The van der Waals surface area contributed by atoms with Crippen LogP contribution in [0.25, 0.3) is 16.3 Å². The molecular weight excluding hydrogens is 288 g/mol. The Labute approximate surface area is 143 Å². The van der Waals surface area contributed by atoms with Crippen molar-refractivity contribution < 1.29 is 0 Å². The molecule has 0 saturated carbocycles. The summed E-state index contributed by atoms with van der Waals surface area (Å²) < 4.78 is 0. The molecule has 2 atom stereocenters. The van der Waals surface area contributed by atoms with Crippen LogP contribution in [0.2, 0.25) is 0 Å². The first kappa shape index (κ1) is 14.0. The molecule has 24 heavy (non-hydrogen) atoms. The van der Waals surface area contributed by atoms with E-state index in [1.165, 1.54) is 44.2 Å². The molecule has 0 saturated heterocycles. The number of hydrogen-bond acceptors (Lipinski definition) is 0. The molecule has 0 amide bonds. The van der Waals surface area contributed by atoms with Gasteiger partial charge in [0.1, 0.15) is 0 Å². The van der Waals surface area contributed by atoms with Crippen molar-refractivity contribution in [2.75, 3.05) is 0 Å². The summed E-state index contributed by atoms with van der Waals surface area (Å²) in [4.78, 5) is 0. The third-order valence-electron chi connectivity index (χ3n) is 6.10. The molecule has 0 fully saturated rings. The van der Waals surface area contributed by atoms with Crippen molar-refractivity contribution >= 4 is 16.3 Å². The van der Waals surface area contributed by atoms with Crippen LogP contribution in [-0.4, -0.2) is 0 Å². The first-order chi connectivity index (χ1) is 11.6. The molecule has 0 aliphatic heterocycles. The van der Waals surface area contributed by atoms with E-state index in [1.807, 2.05) is 0 Å². The molecule has 2 unspecified atom stereocenters. The fourth-order valence-corrected chi connectivity index (χ4v) is 5.02. The molecule has 2 aromatic carbocycles. The van der Waals surface area contributed by atoms with Gasteiger partial charge in [0.15, 0.2) is 0 Å². The van der Waals surface area contributed by atoms with Gasteiger partial charge in [-0.05, 0) is 82.0 Å². The van der Waals surface area contributed by atoms with Gasteiger partial charge in [0, 0.05) is 5.92 Å². The van der Waals surface area contributed by atoms with Crippen LogP contribution < -0.4 is 0 Å². The van der Waals surface area contributed by atoms with E-state index in [-0.39, 0.29) is 0 Å². The van der Waals surface area contributed by atoms with Gasteiger partial charge in [-0.2, -0.15) is 0 Å². The van der Waals surface area contributed by atoms with E-state index in [0.717, 1.165) is 0 Å². The van der Waals surface area contributed by atoms with Crippen molar-refractivity contribution in [3.8, 4) is 0 Å². The highest BCUT2D eigenvalue weighted by atomic mass is 14.4. The summed E-state index contributed by atoms with van der Waals surface area (Å²) in [5.74, 6) is 0.910. The van der Waals surface area contributed by atoms with Gasteiger partial charge in [0.25, 0.3) is 0 Å². The van der Waals surface area contributed by atoms with E-state index in [4.69, 9.17) is 0 Å². The van der Waals surface area contributed by atoms with Crippen LogP contribution >= 0.6 is 0 Å². The number of allylic oxidation sites excluding steroid dienone is 8. The Morgan fingerprint density at radius 3 is 2.29 bits per heavy atom. The minimum absolute atomic E-state index is 0.406. The van der Waals surface area contributed by atoms with Gasteiger partial charge in [-0.1, -0.05) is 55.5 Å². The molecule has 0 nitrogen and oxygen atoms in total. The van der Waals surface area contributed by atoms with Gasteiger partial charge in [-0.3, -0.25) is 0 Å². The third-order valence-corrected chi connectivity index (χ3v) is 6.10. The summed E-state index contributed by atoms with van der Waals surface area (Å²) in [6.07, 6.45) is 9.50. The Balaban J connectivity index is 1.98. The topological polar surface area (TPSA) is 0 Å². The number of fused-ring (bicyclic) bond motifs is 2. The zero-order chi connectivity index (χ0) is 16.6. The van der Waals surface area contributed by atoms with Crippen LogP contribution in [0.1, 0.15) is 42.0 Å². The largest absolute Gasteiger partial charge is 0.0766 e. The van der Waals surface area contributed by atoms with Crippen LogP contribution in [0, 0.1) is 19.8 Å². The summed E-state index contributed by atoms with van der Waals surface area (Å²) in [5.41, 5.74) is 11.6. The van der Waals surface area contributed by atoms with Crippen LogP contribution in [0.5, 0.6) is 0 Å². The summed E-state index contributed by atoms with van der Waals surface area (Å²) in [5, 5.41) is 2.92. The second kappa shape index (κ2) is 4.60. The van der Waals surface area contributed by atoms with Crippen molar-refractivity contribution in [2.45, 2.75) is 33.6 Å². The standard InChI is InChI=1S/C24H22/c1-13-5-9-17-19-11-7-15(3)22-16(4)8-12-20(24(19)22)18-10-6-14(2)21(13)23(17)18/h5-13,18H,1-4H3. The molecule has 0 aromatic heterocycles. The van der Waals surface area contributed by atoms with Crippen molar-refractivity contribution in [1.29, 1.82) is 0 Å². The third kappa shape index (κ3) is 1.59. The monoisotopic (exact) mass is 310 g/mol. The van der Waals surface area contributed by atoms with Gasteiger partial charge in [0.2, 0.25) is 0 Å². The lowest BCUT2D eigenvalue weighted by Crippen LogP contribution is -2.20. The Morgan fingerprint density at radius 2 is 1.50 bits per heavy atom. The molecule has 3 aliphatic rings. The SMILES string of the molecule is CC1=C2C3=C(C=CC2C)c2ccc(C)c4c(C)ccc(c24)C3C=C1. The lowest BCUT2D eigenvalue weighted by molar-refractivity contribution is 0.806. The lowest BCUT2D eigenvalue weighted by Gasteiger charge is -2.37. The van der Waals surface area contributed by atoms with Gasteiger partial charge < -0.3 is 0 Å². The molecular formula is C24H22. The van der Waals surface area contributed by atoms with E-state index in [2.05, 4.69) is 76.3 Å². The highest BCUT2D eigenvalue weighted by molar-refractivity contribution is 6.06. The minimum atomic E-state index is 0.406. The molecule has 0 spiro atoms. The lowest BCUT2D eigenvalue weighted by atomic mass is 9.66. The second-order valence-electron chi connectivity index (χ2n) is 7.56. The zero-order valence-corrected chi connectivity index (χ0v) is 14.8. The molecule has 5 rings (SSSR count). The van der Waals surface area contributed by atoms with Gasteiger partial charge in [-0.15, -0.1) is 0 Å². The Morgan fingerprint density at radius 1 is 0.750 bits per heavy atom. The van der Waals surface area contributed by atoms with Gasteiger partial charge >= 0.3 is 0 Å². The highest BCUT2D eigenvalue weighted by Crippen LogP contribution is 2.53. The summed E-state index contributed by atoms with van der Waals surface area (Å²) in [6.45, 7) is 9.07. The predicted molar refractivity (Wildman–Crippen MR) is 103 cm³/mol. The predicted octanol–water partition coefficient (Wildman–Crippen LogP) is 6.40. The minimum Gasteiger partial charge on any atom is -0.0766 e. The smallest absolute Gasteiger partial charge is 0.0288 e. The average Bonchev–Trinajstić information content (AvgIpc) is 2.57. The molecule has 118 valence electrons. The fourth-order valence-electron chi connectivity index (χ4n) is 5.02. The Hall–Kier alpha value is -2.34. The number of aryl methyl sites for hydroxylation is 2. The molecule has 2 aromatic rings. The van der Waals surface area contributed by atoms with E-state index in [0.29, 0.717) is 11.8 Å². The van der Waals surface area contributed by atoms with Crippen LogP contribution in [0.15, 0.2) is 65.3 Å². The molecule has 0 heterocycles. The quantitative estimate of drug-likeness (QED) is 0.528. The number of hydrogen-bond donors (Lipinski definition) is 0. The van der Waals surface area contributed by atoms with Gasteiger partial charge in [0.05, 0.1) is 0 Å². The van der Waals surface area contributed by atoms with Crippen LogP contribution in [0.4, 0.5) is 0 Å². The maximum absolute atomic E-state index is 2.41. The zero-order valence-electron chi connectivity index (χ0n) is 14.8. The molecule has 3 aliphatic carbocycles. The number of rotatable bonds is 0. The summed E-state index contributed by atoms with van der Waals surface area (Å²) >= 11 is 0. The molecule has 0 radical (unpaired) electrons. The maximum Gasteiger partial charge on any atom is 0.0288 e. The molecule has 0 bridgehead atoms. The van der Waals surface area contributed by atoms with Crippen molar-refractivity contribution in [3.63, 3.8) is 0 Å². The maximum atomic E-state index is 2.41. The fraction of sp³-hybridized carbons (Fsp3) is 0.250. The van der Waals surface area contributed by atoms with Crippen LogP contribution in [0.3, 0.4) is 0 Å². The van der Waals surface area contributed by atoms with E-state index in [1.54, 1.807) is 11.1 Å². The van der Waals surface area contributed by atoms with Crippen LogP contribution in [-0.2, 0) is 0 Å². The first-order valence-corrected chi connectivity index (χ1v) is 8.93. The first-order valence-electron chi connectivity index (χ1n) is 8.93. The summed E-state index contributed by atoms with van der Waals surface area (Å²) in [7, 11) is 0. The Kier molecular flexibility index (Phi) is 2.69. The average molecular weight is 310 g/mol. The van der Waals surface area contributed by atoms with E-state index < -0.39 is 0 Å². The van der Waals surface area contributed by atoms with E-state index in [9.17, 15) is 0 Å². The van der Waals surface area contributed by atoms with Crippen molar-refractivity contribution in [2.24, 2.45) is 5.92 Å². The van der Waals surface area contributed by atoms with Gasteiger partial charge in [-0.25, -0.2) is 0 Å². The Bertz CT molecular complexity index is 1030.